The number of rotatable bonds is 13. The number of aliphatic hydroxyl groups is 7. The molecule has 0 aromatic rings. The fraction of sp³-hybridized carbons (Fsp3) is 0.818. The van der Waals surface area contributed by atoms with E-state index in [9.17, 15) is 50.4 Å². The summed E-state index contributed by atoms with van der Waals surface area (Å²) < 4.78 is 21.8. The summed E-state index contributed by atoms with van der Waals surface area (Å²) in [7, 11) is 0. The van der Waals surface area contributed by atoms with E-state index >= 15 is 0 Å². The van der Waals surface area contributed by atoms with Crippen LogP contribution in [0.3, 0.4) is 0 Å². The monoisotopic (exact) mass is 539 g/mol. The molecule has 9 N–H and O–H groups in total. The van der Waals surface area contributed by atoms with Crippen LogP contribution in [0.4, 0.5) is 0 Å². The first-order valence-corrected chi connectivity index (χ1v) is 11.8. The number of ether oxygens (including phenoxy) is 4. The van der Waals surface area contributed by atoms with Crippen molar-refractivity contribution in [3.8, 4) is 0 Å². The lowest BCUT2D eigenvalue weighted by molar-refractivity contribution is -0.338. The van der Waals surface area contributed by atoms with Crippen molar-refractivity contribution in [2.45, 2.75) is 93.1 Å². The van der Waals surface area contributed by atoms with Crippen LogP contribution < -0.4 is 5.32 Å². The zero-order valence-corrected chi connectivity index (χ0v) is 20.3. The Bertz CT molecular complexity index is 770. The van der Waals surface area contributed by atoms with Crippen molar-refractivity contribution in [1.82, 2.24) is 5.32 Å². The van der Waals surface area contributed by atoms with Crippen LogP contribution in [0, 0.1) is 0 Å². The lowest BCUT2D eigenvalue weighted by Crippen LogP contribution is -2.68. The molecular weight excluding hydrogens is 502 g/mol. The topological polar surface area (TPSA) is 245 Å². The highest BCUT2D eigenvalue weighted by Crippen LogP contribution is 2.34. The Morgan fingerprint density at radius 2 is 1.86 bits per heavy atom. The van der Waals surface area contributed by atoms with E-state index in [1.807, 2.05) is 0 Å². The van der Waals surface area contributed by atoms with Gasteiger partial charge in [0.25, 0.3) is 5.79 Å². The zero-order valence-electron chi connectivity index (χ0n) is 20.3. The molecule has 0 aromatic heterocycles. The van der Waals surface area contributed by atoms with E-state index in [1.165, 1.54) is 0 Å². The third-order valence-corrected chi connectivity index (χ3v) is 6.17. The lowest BCUT2D eigenvalue weighted by atomic mass is 9.88. The molecule has 2 saturated heterocycles. The predicted molar refractivity (Wildman–Crippen MR) is 121 cm³/mol. The second-order valence-corrected chi connectivity index (χ2v) is 9.01. The van der Waals surface area contributed by atoms with Gasteiger partial charge in [0.15, 0.2) is 6.29 Å². The van der Waals surface area contributed by atoms with E-state index in [2.05, 4.69) is 11.9 Å². The van der Waals surface area contributed by atoms with Crippen LogP contribution in [-0.4, -0.2) is 140 Å². The van der Waals surface area contributed by atoms with Gasteiger partial charge in [0.2, 0.25) is 5.91 Å². The summed E-state index contributed by atoms with van der Waals surface area (Å²) in [6, 6.07) is -1.38. The lowest BCUT2D eigenvalue weighted by Gasteiger charge is -2.47. The molecule has 37 heavy (non-hydrogen) atoms. The van der Waals surface area contributed by atoms with Gasteiger partial charge in [-0.3, -0.25) is 4.79 Å². The third kappa shape index (κ3) is 7.64. The van der Waals surface area contributed by atoms with Gasteiger partial charge in [0, 0.05) is 13.3 Å². The molecule has 1 amide bonds. The average Bonchev–Trinajstić information content (AvgIpc) is 2.85. The number of carbonyl (C=O) groups is 2. The molecule has 0 bridgehead atoms. The Morgan fingerprint density at radius 3 is 2.43 bits per heavy atom. The molecule has 2 fully saturated rings. The molecule has 0 aliphatic carbocycles. The Kier molecular flexibility index (Phi) is 11.8. The molecule has 214 valence electrons. The van der Waals surface area contributed by atoms with Gasteiger partial charge in [-0.2, -0.15) is 0 Å². The Balaban J connectivity index is 2.22. The highest BCUT2D eigenvalue weighted by atomic mass is 16.7. The molecule has 0 unspecified atom stereocenters. The van der Waals surface area contributed by atoms with E-state index in [1.54, 1.807) is 6.08 Å². The molecule has 11 atom stereocenters. The molecule has 0 radical (unpaired) electrons. The van der Waals surface area contributed by atoms with Crippen LogP contribution >= 0.6 is 0 Å². The van der Waals surface area contributed by atoms with Crippen LogP contribution in [0.25, 0.3) is 0 Å². The Morgan fingerprint density at radius 1 is 1.19 bits per heavy atom. The maximum absolute atomic E-state index is 12.2. The predicted octanol–water partition coefficient (Wildman–Crippen LogP) is -4.06. The summed E-state index contributed by atoms with van der Waals surface area (Å²) in [6.07, 6.45) is -13.0. The smallest absolute Gasteiger partial charge is 0.364 e. The summed E-state index contributed by atoms with van der Waals surface area (Å²) in [5, 5.41) is 83.2. The Labute approximate surface area is 212 Å². The van der Waals surface area contributed by atoms with Crippen molar-refractivity contribution in [2.24, 2.45) is 0 Å². The molecule has 2 heterocycles. The number of amides is 1. The van der Waals surface area contributed by atoms with Crippen molar-refractivity contribution in [1.29, 1.82) is 0 Å². The zero-order chi connectivity index (χ0) is 27.9. The summed E-state index contributed by atoms with van der Waals surface area (Å²) in [6.45, 7) is 3.11. The first-order valence-electron chi connectivity index (χ1n) is 11.8. The number of allylic oxidation sites excluding steroid dienone is 1. The fourth-order valence-electron chi connectivity index (χ4n) is 4.11. The number of aliphatic hydroxyl groups excluding tert-OH is 7. The minimum Gasteiger partial charge on any atom is -0.477 e. The van der Waals surface area contributed by atoms with Gasteiger partial charge < -0.3 is 65.1 Å². The first-order chi connectivity index (χ1) is 17.4. The van der Waals surface area contributed by atoms with Crippen molar-refractivity contribution in [3.05, 3.63) is 12.7 Å². The van der Waals surface area contributed by atoms with Crippen molar-refractivity contribution >= 4 is 11.9 Å². The molecule has 0 aromatic carbocycles. The van der Waals surface area contributed by atoms with Crippen LogP contribution in [0.2, 0.25) is 0 Å². The summed E-state index contributed by atoms with van der Waals surface area (Å²) in [5.41, 5.74) is 0. The maximum atomic E-state index is 12.2. The number of unbranched alkanes of at least 4 members (excludes halogenated alkanes) is 1. The normalized spacial score (nSPS) is 37.9. The standard InChI is InChI=1S/C22H37NO14/c1-3-4-5-6-34-20-18(31)17(30)16(29)13(36-20)9-35-22(21(32)33)7-11(26)14(23-10(2)25)19(37-22)15(28)12(27)8-24/h3,11-20,24,26-31H,1,4-9H2,2H3,(H,23,25)(H,32,33)/t11-,12+,13+,14+,15+,16-,17-,18+,19+,20+,22+/m0/s1. The molecule has 2 rings (SSSR count). The highest BCUT2D eigenvalue weighted by Gasteiger charge is 2.56. The van der Waals surface area contributed by atoms with E-state index in [0.717, 1.165) is 6.92 Å². The molecule has 2 aliphatic heterocycles. The van der Waals surface area contributed by atoms with Gasteiger partial charge in [-0.1, -0.05) is 6.08 Å². The average molecular weight is 540 g/mol. The van der Waals surface area contributed by atoms with Gasteiger partial charge in [-0.05, 0) is 12.8 Å². The van der Waals surface area contributed by atoms with Crippen LogP contribution in [0.15, 0.2) is 12.7 Å². The molecule has 0 saturated carbocycles. The maximum Gasteiger partial charge on any atom is 0.364 e. The minimum absolute atomic E-state index is 0.121. The van der Waals surface area contributed by atoms with Crippen molar-refractivity contribution in [3.63, 3.8) is 0 Å². The SMILES string of the molecule is C=CCCCO[C@@H]1O[C@H](CO[C@]2(C(=O)O)C[C@H](O)[C@@H](NC(C)=O)[C@H]([C@H](O)[C@H](O)CO)O2)[C@H](O)[C@H](O)[C@H]1O. The highest BCUT2D eigenvalue weighted by molar-refractivity contribution is 5.76. The van der Waals surface area contributed by atoms with Gasteiger partial charge in [-0.25, -0.2) is 4.79 Å². The molecule has 15 nitrogen and oxygen atoms in total. The van der Waals surface area contributed by atoms with Crippen LogP contribution in [0.5, 0.6) is 0 Å². The first kappa shape index (κ1) is 31.5. The number of carbonyl (C=O) groups excluding carboxylic acids is 1. The van der Waals surface area contributed by atoms with E-state index in [4.69, 9.17) is 18.9 Å². The van der Waals surface area contributed by atoms with Gasteiger partial charge in [0.1, 0.15) is 42.7 Å². The third-order valence-electron chi connectivity index (χ3n) is 6.17. The molecule has 0 spiro atoms. The summed E-state index contributed by atoms with van der Waals surface area (Å²) >= 11 is 0. The van der Waals surface area contributed by atoms with Crippen molar-refractivity contribution < 1.29 is 69.4 Å². The second-order valence-electron chi connectivity index (χ2n) is 9.01. The van der Waals surface area contributed by atoms with Gasteiger partial charge in [0.05, 0.1) is 32.0 Å². The number of hydrogen-bond donors (Lipinski definition) is 9. The fourth-order valence-corrected chi connectivity index (χ4v) is 4.11. The second kappa shape index (κ2) is 13.9. The number of nitrogens with one attached hydrogen (secondary N) is 1. The molecule has 15 heteroatoms. The van der Waals surface area contributed by atoms with E-state index < -0.39 is 98.5 Å². The van der Waals surface area contributed by atoms with Crippen LogP contribution in [0.1, 0.15) is 26.2 Å². The largest absolute Gasteiger partial charge is 0.477 e. The molecular formula is C22H37NO14. The number of aliphatic carboxylic acids is 1. The summed E-state index contributed by atoms with van der Waals surface area (Å²) in [4.78, 5) is 23.8. The van der Waals surface area contributed by atoms with Crippen molar-refractivity contribution in [2.75, 3.05) is 19.8 Å². The molecule has 2 aliphatic rings. The summed E-state index contributed by atoms with van der Waals surface area (Å²) in [5.74, 6) is -5.08. The number of hydrogen-bond acceptors (Lipinski definition) is 13. The van der Waals surface area contributed by atoms with Crippen LogP contribution in [-0.2, 0) is 28.5 Å². The number of carboxylic acid groups (broad SMARTS) is 1. The number of carboxylic acids is 1. The quantitative estimate of drug-likeness (QED) is 0.0799. The van der Waals surface area contributed by atoms with E-state index in [-0.39, 0.29) is 6.61 Å². The minimum atomic E-state index is -2.67. The van der Waals surface area contributed by atoms with Gasteiger partial charge >= 0.3 is 5.97 Å². The van der Waals surface area contributed by atoms with E-state index in [0.29, 0.717) is 12.8 Å². The van der Waals surface area contributed by atoms with Gasteiger partial charge in [-0.15, -0.1) is 6.58 Å². The Hall–Kier alpha value is -1.76.